The first-order valence-electron chi connectivity index (χ1n) is 7.54. The third kappa shape index (κ3) is 3.37. The molecule has 0 atom stereocenters. The van der Waals surface area contributed by atoms with E-state index in [-0.39, 0.29) is 6.10 Å². The number of fused-ring (bicyclic) bond motifs is 1. The Morgan fingerprint density at radius 1 is 1.21 bits per heavy atom. The van der Waals surface area contributed by atoms with E-state index in [1.807, 2.05) is 36.4 Å². The van der Waals surface area contributed by atoms with Crippen molar-refractivity contribution in [1.82, 2.24) is 9.97 Å². The van der Waals surface area contributed by atoms with E-state index < -0.39 is 6.09 Å². The van der Waals surface area contributed by atoms with Crippen molar-refractivity contribution in [2.45, 2.75) is 15.9 Å². The third-order valence-corrected chi connectivity index (χ3v) is 4.53. The molecular weight excluding hydrogens is 326 g/mol. The van der Waals surface area contributed by atoms with E-state index in [1.54, 1.807) is 11.8 Å². The van der Waals surface area contributed by atoms with Crippen LogP contribution in [0.5, 0.6) is 0 Å². The van der Waals surface area contributed by atoms with Crippen LogP contribution in [0.2, 0.25) is 0 Å². The van der Waals surface area contributed by atoms with Gasteiger partial charge in [-0.25, -0.2) is 9.78 Å². The number of H-pyrrole nitrogens is 1. The van der Waals surface area contributed by atoms with Crippen LogP contribution in [0.25, 0.3) is 11.0 Å². The Morgan fingerprint density at radius 3 is 2.79 bits per heavy atom. The molecule has 7 heteroatoms. The Balaban J connectivity index is 1.47. The molecule has 3 aromatic rings. The molecule has 2 heterocycles. The standard InChI is InChI=1S/C17H15N3O3S/c21-17(23-11-9-22-10-11)20-16-18-14-7-6-13(8-15(14)19-16)24-12-4-2-1-3-5-12/h1-8,11H,9-10H2,(H2,18,19,20,21). The minimum atomic E-state index is -0.527. The number of nitrogens with one attached hydrogen (secondary N) is 2. The zero-order valence-corrected chi connectivity index (χ0v) is 13.5. The molecule has 0 spiro atoms. The number of rotatable bonds is 4. The summed E-state index contributed by atoms with van der Waals surface area (Å²) >= 11 is 1.66. The summed E-state index contributed by atoms with van der Waals surface area (Å²) in [5.41, 5.74) is 1.65. The molecule has 122 valence electrons. The van der Waals surface area contributed by atoms with Crippen molar-refractivity contribution in [2.75, 3.05) is 18.5 Å². The first-order chi connectivity index (χ1) is 11.8. The second-order valence-electron chi connectivity index (χ2n) is 5.37. The van der Waals surface area contributed by atoms with Crippen LogP contribution in [-0.4, -0.2) is 35.4 Å². The first kappa shape index (κ1) is 15.0. The Morgan fingerprint density at radius 2 is 2.04 bits per heavy atom. The lowest BCUT2D eigenvalue weighted by Gasteiger charge is -2.25. The van der Waals surface area contributed by atoms with Crippen LogP contribution >= 0.6 is 11.8 Å². The quantitative estimate of drug-likeness (QED) is 0.757. The highest BCUT2D eigenvalue weighted by Crippen LogP contribution is 2.29. The summed E-state index contributed by atoms with van der Waals surface area (Å²) in [5, 5.41) is 2.61. The van der Waals surface area contributed by atoms with Crippen molar-refractivity contribution in [3.8, 4) is 0 Å². The van der Waals surface area contributed by atoms with Crippen molar-refractivity contribution in [3.63, 3.8) is 0 Å². The average Bonchev–Trinajstić information content (AvgIpc) is 2.93. The van der Waals surface area contributed by atoms with E-state index in [0.29, 0.717) is 19.2 Å². The zero-order valence-electron chi connectivity index (χ0n) is 12.7. The normalized spacial score (nSPS) is 14.3. The Kier molecular flexibility index (Phi) is 4.10. The lowest BCUT2D eigenvalue weighted by molar-refractivity contribution is -0.0951. The van der Waals surface area contributed by atoms with Gasteiger partial charge in [-0.15, -0.1) is 0 Å². The van der Waals surface area contributed by atoms with Crippen LogP contribution in [0.4, 0.5) is 10.7 Å². The number of anilines is 1. The van der Waals surface area contributed by atoms with Gasteiger partial charge < -0.3 is 14.5 Å². The number of imidazole rings is 1. The number of aromatic amines is 1. The number of hydrogen-bond donors (Lipinski definition) is 2. The third-order valence-electron chi connectivity index (χ3n) is 3.54. The van der Waals surface area contributed by atoms with E-state index in [1.165, 1.54) is 0 Å². The Bertz CT molecular complexity index is 862. The average molecular weight is 341 g/mol. The second-order valence-corrected chi connectivity index (χ2v) is 6.52. The molecule has 1 saturated heterocycles. The van der Waals surface area contributed by atoms with Gasteiger partial charge in [0, 0.05) is 9.79 Å². The van der Waals surface area contributed by atoms with Gasteiger partial charge in [0.05, 0.1) is 24.2 Å². The molecule has 1 fully saturated rings. The first-order valence-corrected chi connectivity index (χ1v) is 8.36. The van der Waals surface area contributed by atoms with Gasteiger partial charge in [0.25, 0.3) is 0 Å². The molecule has 2 N–H and O–H groups in total. The number of hydrogen-bond acceptors (Lipinski definition) is 5. The second kappa shape index (κ2) is 6.54. The molecule has 2 aromatic carbocycles. The number of ether oxygens (including phenoxy) is 2. The fourth-order valence-corrected chi connectivity index (χ4v) is 3.16. The lowest BCUT2D eigenvalue weighted by Crippen LogP contribution is -2.39. The van der Waals surface area contributed by atoms with Gasteiger partial charge in [0.2, 0.25) is 5.95 Å². The van der Waals surface area contributed by atoms with E-state index >= 15 is 0 Å². The van der Waals surface area contributed by atoms with Gasteiger partial charge in [-0.3, -0.25) is 5.32 Å². The number of carbonyl (C=O) groups excluding carboxylic acids is 1. The molecule has 1 aliphatic heterocycles. The highest BCUT2D eigenvalue weighted by molar-refractivity contribution is 7.99. The lowest BCUT2D eigenvalue weighted by atomic mass is 10.3. The van der Waals surface area contributed by atoms with Gasteiger partial charge >= 0.3 is 6.09 Å². The predicted molar refractivity (Wildman–Crippen MR) is 91.4 cm³/mol. The summed E-state index contributed by atoms with van der Waals surface area (Å²) < 4.78 is 10.1. The molecule has 1 aromatic heterocycles. The summed E-state index contributed by atoms with van der Waals surface area (Å²) in [6.45, 7) is 0.904. The minimum Gasteiger partial charge on any atom is -0.441 e. The number of amides is 1. The number of carbonyl (C=O) groups is 1. The van der Waals surface area contributed by atoms with Gasteiger partial charge in [-0.1, -0.05) is 30.0 Å². The number of benzene rings is 2. The van der Waals surface area contributed by atoms with Crippen LogP contribution in [0.1, 0.15) is 0 Å². The molecule has 24 heavy (non-hydrogen) atoms. The van der Waals surface area contributed by atoms with Crippen molar-refractivity contribution in [3.05, 3.63) is 48.5 Å². The molecule has 1 amide bonds. The smallest absolute Gasteiger partial charge is 0.414 e. The summed E-state index contributed by atoms with van der Waals surface area (Å²) in [6.07, 6.45) is -0.690. The van der Waals surface area contributed by atoms with Gasteiger partial charge in [-0.2, -0.15) is 0 Å². The number of nitrogens with zero attached hydrogens (tertiary/aromatic N) is 1. The fraction of sp³-hybridized carbons (Fsp3) is 0.176. The molecule has 0 radical (unpaired) electrons. The van der Waals surface area contributed by atoms with Crippen molar-refractivity contribution in [1.29, 1.82) is 0 Å². The van der Waals surface area contributed by atoms with Gasteiger partial charge in [0.1, 0.15) is 0 Å². The molecule has 0 unspecified atom stereocenters. The summed E-state index contributed by atoms with van der Waals surface area (Å²) in [4.78, 5) is 21.5. The molecule has 0 saturated carbocycles. The maximum Gasteiger partial charge on any atom is 0.414 e. The van der Waals surface area contributed by atoms with E-state index in [9.17, 15) is 4.79 Å². The largest absolute Gasteiger partial charge is 0.441 e. The molecule has 6 nitrogen and oxygen atoms in total. The molecule has 0 aliphatic carbocycles. The van der Waals surface area contributed by atoms with Crippen molar-refractivity contribution < 1.29 is 14.3 Å². The van der Waals surface area contributed by atoms with Crippen LogP contribution in [0.3, 0.4) is 0 Å². The maximum atomic E-state index is 11.7. The van der Waals surface area contributed by atoms with Crippen LogP contribution in [0, 0.1) is 0 Å². The SMILES string of the molecule is O=C(Nc1nc2cc(Sc3ccccc3)ccc2[nH]1)OC1COC1. The topological polar surface area (TPSA) is 76.2 Å². The minimum absolute atomic E-state index is 0.164. The number of aromatic nitrogens is 2. The Hall–Kier alpha value is -2.51. The van der Waals surface area contributed by atoms with Crippen molar-refractivity contribution >= 4 is 34.8 Å². The molecule has 1 aliphatic rings. The highest BCUT2D eigenvalue weighted by Gasteiger charge is 2.23. The summed E-state index contributed by atoms with van der Waals surface area (Å²) in [6, 6.07) is 16.1. The van der Waals surface area contributed by atoms with Crippen LogP contribution in [0.15, 0.2) is 58.3 Å². The van der Waals surface area contributed by atoms with E-state index in [4.69, 9.17) is 9.47 Å². The highest BCUT2D eigenvalue weighted by atomic mass is 32.2. The monoisotopic (exact) mass is 341 g/mol. The van der Waals surface area contributed by atoms with Crippen LogP contribution < -0.4 is 5.32 Å². The van der Waals surface area contributed by atoms with Crippen LogP contribution in [-0.2, 0) is 9.47 Å². The predicted octanol–water partition coefficient (Wildman–Crippen LogP) is 3.66. The van der Waals surface area contributed by atoms with Gasteiger partial charge in [0.15, 0.2) is 6.10 Å². The Labute approximate surface area is 142 Å². The zero-order chi connectivity index (χ0) is 16.4. The molecule has 0 bridgehead atoms. The van der Waals surface area contributed by atoms with Crippen molar-refractivity contribution in [2.24, 2.45) is 0 Å². The van der Waals surface area contributed by atoms with E-state index in [0.717, 1.165) is 20.8 Å². The van der Waals surface area contributed by atoms with Gasteiger partial charge in [-0.05, 0) is 30.3 Å². The maximum absolute atomic E-state index is 11.7. The molecular formula is C17H15N3O3S. The fourth-order valence-electron chi connectivity index (χ4n) is 2.29. The van der Waals surface area contributed by atoms with E-state index in [2.05, 4.69) is 27.4 Å². The molecule has 4 rings (SSSR count). The summed E-state index contributed by atoms with van der Waals surface area (Å²) in [7, 11) is 0. The summed E-state index contributed by atoms with van der Waals surface area (Å²) in [5.74, 6) is 0.372.